The summed E-state index contributed by atoms with van der Waals surface area (Å²) in [5, 5.41) is 1.21. The van der Waals surface area contributed by atoms with Gasteiger partial charge in [0.05, 0.1) is 27.6 Å². The Bertz CT molecular complexity index is 1910. The summed E-state index contributed by atoms with van der Waals surface area (Å²) >= 11 is 0. The fourth-order valence-electron chi connectivity index (χ4n) is 6.30. The maximum absolute atomic E-state index is 4.70. The fraction of sp³-hybridized carbons (Fsp3) is 0.118. The van der Waals surface area contributed by atoms with Crippen molar-refractivity contribution < 1.29 is 0 Å². The van der Waals surface area contributed by atoms with Crippen molar-refractivity contribution >= 4 is 50.3 Å². The smallest absolute Gasteiger partial charge is 0.0963 e. The van der Waals surface area contributed by atoms with Gasteiger partial charge < -0.3 is 9.13 Å². The van der Waals surface area contributed by atoms with E-state index in [1.54, 1.807) is 0 Å². The first kappa shape index (κ1) is 21.4. The van der Waals surface area contributed by atoms with Crippen molar-refractivity contribution in [1.29, 1.82) is 0 Å². The van der Waals surface area contributed by atoms with Crippen molar-refractivity contribution in [2.45, 2.75) is 25.7 Å². The number of hydrogen-bond donors (Lipinski definition) is 0. The fourth-order valence-corrected chi connectivity index (χ4v) is 6.30. The molecule has 2 aliphatic carbocycles. The maximum atomic E-state index is 4.70. The second-order valence-electron chi connectivity index (χ2n) is 10.1. The molecule has 0 atom stereocenters. The Morgan fingerprint density at radius 3 is 2.21 bits per heavy atom. The quantitative estimate of drug-likeness (QED) is 0.251. The predicted octanol–water partition coefficient (Wildman–Crippen LogP) is 8.21. The Morgan fingerprint density at radius 1 is 0.632 bits per heavy atom. The number of rotatable bonds is 3. The van der Waals surface area contributed by atoms with Crippen LogP contribution in [0.3, 0.4) is 0 Å². The van der Waals surface area contributed by atoms with Crippen LogP contribution in [0.1, 0.15) is 36.1 Å². The monoisotopic (exact) mass is 490 g/mol. The third-order valence-electron chi connectivity index (χ3n) is 8.03. The Morgan fingerprint density at radius 2 is 1.39 bits per heavy atom. The van der Waals surface area contributed by atoms with E-state index in [9.17, 15) is 0 Å². The van der Waals surface area contributed by atoms with Gasteiger partial charge in [-0.1, -0.05) is 48.6 Å². The van der Waals surface area contributed by atoms with Crippen LogP contribution in [0.25, 0.3) is 56.0 Å². The molecule has 2 aromatic carbocycles. The predicted molar refractivity (Wildman–Crippen MR) is 157 cm³/mol. The van der Waals surface area contributed by atoms with Crippen molar-refractivity contribution in [1.82, 2.24) is 19.1 Å². The minimum Gasteiger partial charge on any atom is -0.311 e. The van der Waals surface area contributed by atoms with E-state index in [1.807, 2.05) is 24.5 Å². The van der Waals surface area contributed by atoms with Crippen LogP contribution in [0.2, 0.25) is 0 Å². The van der Waals surface area contributed by atoms with Gasteiger partial charge in [0.2, 0.25) is 0 Å². The molecule has 0 unspecified atom stereocenters. The molecule has 8 rings (SSSR count). The van der Waals surface area contributed by atoms with Gasteiger partial charge in [0.1, 0.15) is 0 Å². The number of allylic oxidation sites excluding steroid dienone is 5. The molecular weight excluding hydrogens is 464 g/mol. The van der Waals surface area contributed by atoms with E-state index in [-0.39, 0.29) is 0 Å². The molecule has 0 saturated heterocycles. The molecular formula is C34H26N4. The summed E-state index contributed by atoms with van der Waals surface area (Å²) in [5.74, 6) is 0. The van der Waals surface area contributed by atoms with Gasteiger partial charge in [-0.15, -0.1) is 0 Å². The molecule has 0 amide bonds. The Balaban J connectivity index is 1.17. The van der Waals surface area contributed by atoms with Crippen molar-refractivity contribution in [3.8, 4) is 5.69 Å². The van der Waals surface area contributed by atoms with Gasteiger partial charge in [-0.2, -0.15) is 0 Å². The lowest BCUT2D eigenvalue weighted by Gasteiger charge is -2.18. The lowest BCUT2D eigenvalue weighted by molar-refractivity contribution is 0.888. The van der Waals surface area contributed by atoms with Crippen LogP contribution < -0.4 is 0 Å². The topological polar surface area (TPSA) is 35.6 Å². The van der Waals surface area contributed by atoms with Gasteiger partial charge in [0.15, 0.2) is 0 Å². The number of fused-ring (bicyclic) bond motifs is 6. The standard InChI is InChI=1S/C34H26N4/c1-3-9-29-27(7-1)33-31(11-5-21-35-33)37(29)25-17-13-23(14-18-25)24-15-19-26(20-16-24)38-30-10-4-2-8-28(30)34-32(38)12-6-22-36-34/h1-3,5-9,11-13,15-17,19-22H,4,10,14,18H2. The van der Waals surface area contributed by atoms with E-state index in [4.69, 9.17) is 4.98 Å². The van der Waals surface area contributed by atoms with Crippen LogP contribution in [0.15, 0.2) is 103 Å². The molecule has 0 aliphatic heterocycles. The SMILES string of the molecule is C1=Cc2c(n(-c3ccc(C4=CC=C(n5c6ccccc6c6ncccc65)CC4)cc3)c3cccnc23)CC1. The highest BCUT2D eigenvalue weighted by atomic mass is 15.0. The average Bonchev–Trinajstić information content (AvgIpc) is 3.51. The molecule has 4 heteroatoms. The van der Waals surface area contributed by atoms with Crippen LogP contribution in [0.4, 0.5) is 0 Å². The summed E-state index contributed by atoms with van der Waals surface area (Å²) in [4.78, 5) is 9.39. The second kappa shape index (κ2) is 8.42. The van der Waals surface area contributed by atoms with Gasteiger partial charge in [-0.05, 0) is 85.4 Å². The van der Waals surface area contributed by atoms with Crippen LogP contribution >= 0.6 is 0 Å². The van der Waals surface area contributed by atoms with E-state index in [2.05, 4.69) is 99.1 Å². The summed E-state index contributed by atoms with van der Waals surface area (Å²) in [6.07, 6.45) is 17.0. The zero-order valence-corrected chi connectivity index (χ0v) is 21.0. The number of aromatic nitrogens is 4. The number of para-hydroxylation sites is 1. The molecule has 0 radical (unpaired) electrons. The van der Waals surface area contributed by atoms with Crippen LogP contribution in [-0.4, -0.2) is 19.1 Å². The first-order chi connectivity index (χ1) is 18.9. The number of pyridine rings is 2. The highest BCUT2D eigenvalue weighted by Gasteiger charge is 2.20. The highest BCUT2D eigenvalue weighted by molar-refractivity contribution is 6.08. The number of benzene rings is 2. The molecule has 0 fully saturated rings. The van der Waals surface area contributed by atoms with Crippen molar-refractivity contribution in [2.75, 3.05) is 0 Å². The lowest BCUT2D eigenvalue weighted by atomic mass is 9.95. The molecule has 182 valence electrons. The maximum Gasteiger partial charge on any atom is 0.0963 e. The van der Waals surface area contributed by atoms with Crippen molar-refractivity contribution in [3.05, 3.63) is 120 Å². The minimum atomic E-state index is 0.990. The molecule has 38 heavy (non-hydrogen) atoms. The van der Waals surface area contributed by atoms with E-state index in [0.29, 0.717) is 0 Å². The molecule has 4 heterocycles. The largest absolute Gasteiger partial charge is 0.311 e. The van der Waals surface area contributed by atoms with E-state index in [1.165, 1.54) is 55.7 Å². The molecule has 0 spiro atoms. The third kappa shape index (κ3) is 3.16. The summed E-state index contributed by atoms with van der Waals surface area (Å²) in [6.45, 7) is 0. The number of nitrogens with zero attached hydrogens (tertiary/aromatic N) is 4. The van der Waals surface area contributed by atoms with E-state index in [0.717, 1.165) is 36.7 Å². The summed E-state index contributed by atoms with van der Waals surface area (Å²) in [5.41, 5.74) is 13.6. The first-order valence-electron chi connectivity index (χ1n) is 13.4. The van der Waals surface area contributed by atoms with Crippen LogP contribution in [0.5, 0.6) is 0 Å². The van der Waals surface area contributed by atoms with Crippen LogP contribution in [-0.2, 0) is 6.42 Å². The molecule has 0 saturated carbocycles. The molecule has 6 aromatic rings. The Hall–Kier alpha value is -4.70. The van der Waals surface area contributed by atoms with Crippen molar-refractivity contribution in [2.24, 2.45) is 0 Å². The normalized spacial score (nSPS) is 15.2. The van der Waals surface area contributed by atoms with Crippen molar-refractivity contribution in [3.63, 3.8) is 0 Å². The molecule has 4 nitrogen and oxygen atoms in total. The average molecular weight is 491 g/mol. The second-order valence-corrected chi connectivity index (χ2v) is 10.1. The molecule has 2 aliphatic rings. The summed E-state index contributed by atoms with van der Waals surface area (Å²) in [7, 11) is 0. The summed E-state index contributed by atoms with van der Waals surface area (Å²) < 4.78 is 4.78. The molecule has 0 N–H and O–H groups in total. The lowest BCUT2D eigenvalue weighted by Crippen LogP contribution is -2.03. The van der Waals surface area contributed by atoms with Gasteiger partial charge in [0, 0.05) is 40.4 Å². The zero-order valence-electron chi connectivity index (χ0n) is 21.0. The molecule has 0 bridgehead atoms. The Kier molecular flexibility index (Phi) is 4.74. The number of hydrogen-bond acceptors (Lipinski definition) is 2. The first-order valence-corrected chi connectivity index (χ1v) is 13.4. The zero-order chi connectivity index (χ0) is 25.1. The van der Waals surface area contributed by atoms with Gasteiger partial charge >= 0.3 is 0 Å². The van der Waals surface area contributed by atoms with Gasteiger partial charge in [-0.3, -0.25) is 9.97 Å². The van der Waals surface area contributed by atoms with E-state index < -0.39 is 0 Å². The van der Waals surface area contributed by atoms with Gasteiger partial charge in [0.25, 0.3) is 0 Å². The minimum absolute atomic E-state index is 0.990. The van der Waals surface area contributed by atoms with Gasteiger partial charge in [-0.25, -0.2) is 0 Å². The third-order valence-corrected chi connectivity index (χ3v) is 8.03. The van der Waals surface area contributed by atoms with Crippen LogP contribution in [0, 0.1) is 0 Å². The summed E-state index contributed by atoms with van der Waals surface area (Å²) in [6, 6.07) is 26.1. The Labute approximate surface area is 220 Å². The highest BCUT2D eigenvalue weighted by Crippen LogP contribution is 2.37. The molecule has 4 aromatic heterocycles. The van der Waals surface area contributed by atoms with E-state index >= 15 is 0 Å².